The van der Waals surface area contributed by atoms with Crippen LogP contribution in [-0.2, 0) is 6.42 Å². The first-order valence-electron chi connectivity index (χ1n) is 4.72. The molecule has 1 nitrogen and oxygen atoms in total. The minimum atomic E-state index is 1.05. The molecule has 14 heavy (non-hydrogen) atoms. The highest BCUT2D eigenvalue weighted by Crippen LogP contribution is 2.11. The standard InChI is InChI=1S/C12H12NS/c1-2-5-11(6-3-1)7-4-8-12-13-9-10-14-12/h1-3,5-7,9-10H,4,8H2. The Labute approximate surface area is 88.4 Å². The highest BCUT2D eigenvalue weighted by molar-refractivity contribution is 7.09. The number of aromatic nitrogens is 1. The number of thiazole rings is 1. The predicted octanol–water partition coefficient (Wildman–Crippen LogP) is 3.33. The first-order valence-corrected chi connectivity index (χ1v) is 5.60. The Hall–Kier alpha value is -1.15. The lowest BCUT2D eigenvalue weighted by Gasteiger charge is -1.98. The van der Waals surface area contributed by atoms with Crippen molar-refractivity contribution < 1.29 is 0 Å². The fourth-order valence-corrected chi connectivity index (χ4v) is 1.96. The summed E-state index contributed by atoms with van der Waals surface area (Å²) >= 11 is 1.73. The molecule has 0 bridgehead atoms. The number of benzene rings is 1. The zero-order valence-electron chi connectivity index (χ0n) is 7.89. The second kappa shape index (κ2) is 4.91. The third-order valence-corrected chi connectivity index (χ3v) is 2.86. The maximum Gasteiger partial charge on any atom is 0.0925 e. The number of hydrogen-bond acceptors (Lipinski definition) is 2. The molecule has 2 aromatic rings. The van der Waals surface area contributed by atoms with Crippen molar-refractivity contribution in [3.05, 3.63) is 58.9 Å². The van der Waals surface area contributed by atoms with E-state index >= 15 is 0 Å². The SMILES string of the molecule is [CH](CCc1nccs1)c1ccccc1. The Kier molecular flexibility index (Phi) is 3.30. The summed E-state index contributed by atoms with van der Waals surface area (Å²) in [5.41, 5.74) is 1.30. The molecule has 2 rings (SSSR count). The van der Waals surface area contributed by atoms with Crippen LogP contribution in [-0.4, -0.2) is 4.98 Å². The fourth-order valence-electron chi connectivity index (χ4n) is 1.33. The Balaban J connectivity index is 1.79. The van der Waals surface area contributed by atoms with Gasteiger partial charge in [-0.1, -0.05) is 30.3 Å². The maximum atomic E-state index is 4.25. The minimum Gasteiger partial charge on any atom is -0.250 e. The molecule has 0 saturated heterocycles. The molecular weight excluding hydrogens is 190 g/mol. The van der Waals surface area contributed by atoms with Crippen molar-refractivity contribution in [2.45, 2.75) is 12.8 Å². The number of aryl methyl sites for hydroxylation is 1. The summed E-state index contributed by atoms with van der Waals surface area (Å²) in [4.78, 5) is 4.25. The molecule has 2 heteroatoms. The summed E-state index contributed by atoms with van der Waals surface area (Å²) < 4.78 is 0. The summed E-state index contributed by atoms with van der Waals surface area (Å²) in [5, 5.41) is 3.25. The van der Waals surface area contributed by atoms with Gasteiger partial charge in [-0.2, -0.15) is 0 Å². The quantitative estimate of drug-likeness (QED) is 0.741. The van der Waals surface area contributed by atoms with Crippen molar-refractivity contribution in [2.24, 2.45) is 0 Å². The van der Waals surface area contributed by atoms with Crippen LogP contribution in [0.25, 0.3) is 0 Å². The van der Waals surface area contributed by atoms with Crippen LogP contribution in [0.1, 0.15) is 17.0 Å². The van der Waals surface area contributed by atoms with E-state index < -0.39 is 0 Å². The number of hydrogen-bond donors (Lipinski definition) is 0. The molecule has 0 saturated carbocycles. The van der Waals surface area contributed by atoms with Gasteiger partial charge < -0.3 is 0 Å². The molecular formula is C12H12NS. The van der Waals surface area contributed by atoms with Gasteiger partial charge in [-0.05, 0) is 24.8 Å². The van der Waals surface area contributed by atoms with E-state index in [2.05, 4.69) is 35.7 Å². The first kappa shape index (κ1) is 9.41. The van der Waals surface area contributed by atoms with Crippen molar-refractivity contribution in [1.82, 2.24) is 4.98 Å². The molecule has 0 fully saturated rings. The van der Waals surface area contributed by atoms with Gasteiger partial charge in [0, 0.05) is 11.6 Å². The number of nitrogens with zero attached hydrogens (tertiary/aromatic N) is 1. The van der Waals surface area contributed by atoms with Gasteiger partial charge in [-0.15, -0.1) is 11.3 Å². The average molecular weight is 202 g/mol. The third kappa shape index (κ3) is 2.67. The van der Waals surface area contributed by atoms with Crippen molar-refractivity contribution >= 4 is 11.3 Å². The van der Waals surface area contributed by atoms with Crippen molar-refractivity contribution in [1.29, 1.82) is 0 Å². The molecule has 0 N–H and O–H groups in total. The van der Waals surface area contributed by atoms with Crippen LogP contribution in [0.15, 0.2) is 41.9 Å². The van der Waals surface area contributed by atoms with Gasteiger partial charge in [0.1, 0.15) is 0 Å². The van der Waals surface area contributed by atoms with E-state index in [1.165, 1.54) is 10.6 Å². The van der Waals surface area contributed by atoms with Gasteiger partial charge in [0.2, 0.25) is 0 Å². The maximum absolute atomic E-state index is 4.25. The minimum absolute atomic E-state index is 1.05. The zero-order chi connectivity index (χ0) is 9.64. The van der Waals surface area contributed by atoms with E-state index in [-0.39, 0.29) is 0 Å². The van der Waals surface area contributed by atoms with Gasteiger partial charge in [-0.3, -0.25) is 0 Å². The average Bonchev–Trinajstić information content (AvgIpc) is 2.72. The Morgan fingerprint density at radius 1 is 1.21 bits per heavy atom. The second-order valence-electron chi connectivity index (χ2n) is 3.08. The molecule has 71 valence electrons. The Bertz CT molecular complexity index is 353. The van der Waals surface area contributed by atoms with Crippen molar-refractivity contribution in [2.75, 3.05) is 0 Å². The van der Waals surface area contributed by atoms with Crippen LogP contribution in [0, 0.1) is 6.42 Å². The summed E-state index contributed by atoms with van der Waals surface area (Å²) in [5.74, 6) is 0. The largest absolute Gasteiger partial charge is 0.250 e. The molecule has 0 aliphatic heterocycles. The van der Waals surface area contributed by atoms with E-state index in [9.17, 15) is 0 Å². The topological polar surface area (TPSA) is 12.9 Å². The molecule has 0 atom stereocenters. The fraction of sp³-hybridized carbons (Fsp3) is 0.167. The summed E-state index contributed by atoms with van der Waals surface area (Å²) in [7, 11) is 0. The van der Waals surface area contributed by atoms with E-state index in [4.69, 9.17) is 0 Å². The van der Waals surface area contributed by atoms with Crippen LogP contribution in [0.5, 0.6) is 0 Å². The van der Waals surface area contributed by atoms with Crippen LogP contribution in [0.4, 0.5) is 0 Å². The summed E-state index contributed by atoms with van der Waals surface area (Å²) in [6.07, 6.45) is 6.23. The van der Waals surface area contributed by atoms with Gasteiger partial charge in [-0.25, -0.2) is 4.98 Å². The van der Waals surface area contributed by atoms with E-state index in [0.717, 1.165) is 12.8 Å². The van der Waals surface area contributed by atoms with E-state index in [0.29, 0.717) is 0 Å². The smallest absolute Gasteiger partial charge is 0.0925 e. The lowest BCUT2D eigenvalue weighted by molar-refractivity contribution is 0.936. The van der Waals surface area contributed by atoms with E-state index in [1.807, 2.05) is 17.6 Å². The first-order chi connectivity index (χ1) is 6.95. The van der Waals surface area contributed by atoms with Crippen LogP contribution >= 0.6 is 11.3 Å². The molecule has 1 heterocycles. The van der Waals surface area contributed by atoms with Gasteiger partial charge in [0.15, 0.2) is 0 Å². The molecule has 0 amide bonds. The van der Waals surface area contributed by atoms with Crippen LogP contribution in [0.3, 0.4) is 0 Å². The molecule has 0 unspecified atom stereocenters. The van der Waals surface area contributed by atoms with Crippen molar-refractivity contribution in [3.8, 4) is 0 Å². The monoisotopic (exact) mass is 202 g/mol. The van der Waals surface area contributed by atoms with Crippen LogP contribution < -0.4 is 0 Å². The number of rotatable bonds is 4. The molecule has 1 aromatic carbocycles. The third-order valence-electron chi connectivity index (χ3n) is 2.02. The zero-order valence-corrected chi connectivity index (χ0v) is 8.70. The Morgan fingerprint density at radius 3 is 2.79 bits per heavy atom. The van der Waals surface area contributed by atoms with Gasteiger partial charge in [0.05, 0.1) is 5.01 Å². The molecule has 0 spiro atoms. The highest BCUT2D eigenvalue weighted by atomic mass is 32.1. The lowest BCUT2D eigenvalue weighted by atomic mass is 10.1. The van der Waals surface area contributed by atoms with Crippen LogP contribution in [0.2, 0.25) is 0 Å². The predicted molar refractivity (Wildman–Crippen MR) is 60.3 cm³/mol. The molecule has 0 aliphatic carbocycles. The molecule has 1 aromatic heterocycles. The molecule has 1 radical (unpaired) electrons. The molecule has 0 aliphatic rings. The summed E-state index contributed by atoms with van der Waals surface area (Å²) in [6, 6.07) is 10.4. The summed E-state index contributed by atoms with van der Waals surface area (Å²) in [6.45, 7) is 0. The van der Waals surface area contributed by atoms with E-state index in [1.54, 1.807) is 11.3 Å². The normalized spacial score (nSPS) is 10.3. The Morgan fingerprint density at radius 2 is 2.07 bits per heavy atom. The lowest BCUT2D eigenvalue weighted by Crippen LogP contribution is -1.86. The van der Waals surface area contributed by atoms with Gasteiger partial charge >= 0.3 is 0 Å². The van der Waals surface area contributed by atoms with Gasteiger partial charge in [0.25, 0.3) is 0 Å². The highest BCUT2D eigenvalue weighted by Gasteiger charge is 1.96. The van der Waals surface area contributed by atoms with Crippen molar-refractivity contribution in [3.63, 3.8) is 0 Å². The second-order valence-corrected chi connectivity index (χ2v) is 4.06.